The molecule has 0 radical (unpaired) electrons. The number of nitrogens with two attached hydrogens (primary N) is 1. The Morgan fingerprint density at radius 3 is 2.86 bits per heavy atom. The Bertz CT molecular complexity index is 505. The smallest absolute Gasteiger partial charge is 0.129 e. The van der Waals surface area contributed by atoms with Crippen LogP contribution in [0.4, 0.5) is 0 Å². The number of morpholine rings is 1. The zero-order chi connectivity index (χ0) is 15.5. The minimum absolute atomic E-state index is 0.103. The SMILES string of the molecule is CC1CN(CCOc2ccccc2C(N)=S)CC(C)(C)O1. The molecular weight excluding hydrogens is 284 g/mol. The van der Waals surface area contributed by atoms with Crippen LogP contribution in [0.3, 0.4) is 0 Å². The second-order valence-electron chi connectivity index (χ2n) is 6.13. The van der Waals surface area contributed by atoms with Gasteiger partial charge < -0.3 is 15.2 Å². The summed E-state index contributed by atoms with van der Waals surface area (Å²) in [6, 6.07) is 7.63. The largest absolute Gasteiger partial charge is 0.492 e. The molecule has 21 heavy (non-hydrogen) atoms. The maximum atomic E-state index is 5.90. The van der Waals surface area contributed by atoms with Crippen molar-refractivity contribution < 1.29 is 9.47 Å². The topological polar surface area (TPSA) is 47.7 Å². The maximum absolute atomic E-state index is 5.90. The number of rotatable bonds is 5. The van der Waals surface area contributed by atoms with E-state index in [1.165, 1.54) is 0 Å². The molecule has 1 heterocycles. The highest BCUT2D eigenvalue weighted by Crippen LogP contribution is 2.21. The van der Waals surface area contributed by atoms with E-state index >= 15 is 0 Å². The second kappa shape index (κ2) is 6.73. The molecule has 1 fully saturated rings. The van der Waals surface area contributed by atoms with Gasteiger partial charge in [0.1, 0.15) is 17.3 Å². The normalized spacial score (nSPS) is 22.0. The average molecular weight is 308 g/mol. The van der Waals surface area contributed by atoms with Crippen LogP contribution < -0.4 is 10.5 Å². The van der Waals surface area contributed by atoms with Gasteiger partial charge in [0.05, 0.1) is 17.3 Å². The van der Waals surface area contributed by atoms with Crippen molar-refractivity contribution in [2.24, 2.45) is 5.73 Å². The Morgan fingerprint density at radius 1 is 1.48 bits per heavy atom. The average Bonchev–Trinajstić information content (AvgIpc) is 2.36. The van der Waals surface area contributed by atoms with Gasteiger partial charge in [0.2, 0.25) is 0 Å². The van der Waals surface area contributed by atoms with Crippen molar-refractivity contribution in [2.75, 3.05) is 26.2 Å². The summed E-state index contributed by atoms with van der Waals surface area (Å²) in [6.07, 6.45) is 0.248. The van der Waals surface area contributed by atoms with Crippen LogP contribution in [-0.2, 0) is 4.74 Å². The number of thiocarbonyl (C=S) groups is 1. The molecule has 2 N–H and O–H groups in total. The molecule has 1 aliphatic rings. The second-order valence-corrected chi connectivity index (χ2v) is 6.57. The van der Waals surface area contributed by atoms with Crippen LogP contribution in [0.15, 0.2) is 24.3 Å². The third-order valence-corrected chi connectivity index (χ3v) is 3.68. The monoisotopic (exact) mass is 308 g/mol. The summed E-state index contributed by atoms with van der Waals surface area (Å²) in [7, 11) is 0. The van der Waals surface area contributed by atoms with Crippen LogP contribution in [0.5, 0.6) is 5.75 Å². The zero-order valence-corrected chi connectivity index (χ0v) is 13.8. The van der Waals surface area contributed by atoms with Crippen molar-refractivity contribution in [1.29, 1.82) is 0 Å². The quantitative estimate of drug-likeness (QED) is 0.845. The Hall–Kier alpha value is -1.17. The highest BCUT2D eigenvalue weighted by atomic mass is 32.1. The molecule has 1 unspecified atom stereocenters. The predicted molar refractivity (Wildman–Crippen MR) is 88.9 cm³/mol. The zero-order valence-electron chi connectivity index (χ0n) is 13.0. The molecule has 0 spiro atoms. The van der Waals surface area contributed by atoms with Crippen LogP contribution >= 0.6 is 12.2 Å². The third-order valence-electron chi connectivity index (χ3n) is 3.46. The summed E-state index contributed by atoms with van der Waals surface area (Å²) in [5.41, 5.74) is 6.40. The summed E-state index contributed by atoms with van der Waals surface area (Å²) in [4.78, 5) is 2.74. The molecule has 5 heteroatoms. The first-order valence-corrected chi connectivity index (χ1v) is 7.70. The van der Waals surface area contributed by atoms with Crippen LogP contribution in [-0.4, -0.2) is 47.8 Å². The Labute approximate surface area is 132 Å². The van der Waals surface area contributed by atoms with Gasteiger partial charge >= 0.3 is 0 Å². The fourth-order valence-corrected chi connectivity index (χ4v) is 3.01. The number of hydrogen-bond donors (Lipinski definition) is 1. The molecule has 2 rings (SSSR count). The molecule has 0 amide bonds. The van der Waals surface area contributed by atoms with Gasteiger partial charge in [0, 0.05) is 19.6 Å². The lowest BCUT2D eigenvalue weighted by molar-refractivity contribution is -0.129. The summed E-state index contributed by atoms with van der Waals surface area (Å²) in [5, 5.41) is 0. The van der Waals surface area contributed by atoms with Gasteiger partial charge in [-0.2, -0.15) is 0 Å². The first kappa shape index (κ1) is 16.2. The van der Waals surface area contributed by atoms with Crippen molar-refractivity contribution >= 4 is 17.2 Å². The molecular formula is C16H24N2O2S. The van der Waals surface area contributed by atoms with Crippen LogP contribution in [0.2, 0.25) is 0 Å². The van der Waals surface area contributed by atoms with Gasteiger partial charge in [-0.15, -0.1) is 0 Å². The fourth-order valence-electron chi connectivity index (χ4n) is 2.84. The molecule has 1 atom stereocenters. The van der Waals surface area contributed by atoms with Gasteiger partial charge in [0.15, 0.2) is 0 Å². The Balaban J connectivity index is 1.89. The van der Waals surface area contributed by atoms with E-state index in [0.29, 0.717) is 11.6 Å². The van der Waals surface area contributed by atoms with Crippen LogP contribution in [0.25, 0.3) is 0 Å². The van der Waals surface area contributed by atoms with E-state index in [9.17, 15) is 0 Å². The van der Waals surface area contributed by atoms with E-state index in [1.54, 1.807) is 0 Å². The van der Waals surface area contributed by atoms with Gasteiger partial charge in [-0.1, -0.05) is 24.4 Å². The highest BCUT2D eigenvalue weighted by molar-refractivity contribution is 7.80. The van der Waals surface area contributed by atoms with Gasteiger partial charge in [-0.3, -0.25) is 4.90 Å². The van der Waals surface area contributed by atoms with Crippen molar-refractivity contribution in [1.82, 2.24) is 4.90 Å². The standard InChI is InChI=1S/C16H24N2O2S/c1-12-10-18(11-16(2,3)20-12)8-9-19-14-7-5-4-6-13(14)15(17)21/h4-7,12H,8-11H2,1-3H3,(H2,17,21). The lowest BCUT2D eigenvalue weighted by atomic mass is 10.1. The van der Waals surface area contributed by atoms with Crippen molar-refractivity contribution in [3.05, 3.63) is 29.8 Å². The summed E-state index contributed by atoms with van der Waals surface area (Å²) >= 11 is 5.04. The molecule has 0 bridgehead atoms. The molecule has 116 valence electrons. The third kappa shape index (κ3) is 4.66. The molecule has 1 saturated heterocycles. The molecule has 0 aliphatic carbocycles. The first-order chi connectivity index (χ1) is 9.87. The van der Waals surface area contributed by atoms with E-state index < -0.39 is 0 Å². The highest BCUT2D eigenvalue weighted by Gasteiger charge is 2.30. The number of para-hydroxylation sites is 1. The number of benzene rings is 1. The Kier molecular flexibility index (Phi) is 5.19. The molecule has 1 aromatic rings. The molecule has 0 aromatic heterocycles. The van der Waals surface area contributed by atoms with Gasteiger partial charge in [-0.05, 0) is 32.9 Å². The maximum Gasteiger partial charge on any atom is 0.129 e. The minimum Gasteiger partial charge on any atom is -0.492 e. The fraction of sp³-hybridized carbons (Fsp3) is 0.562. The first-order valence-electron chi connectivity index (χ1n) is 7.29. The van der Waals surface area contributed by atoms with Gasteiger partial charge in [0.25, 0.3) is 0 Å². The lowest BCUT2D eigenvalue weighted by Gasteiger charge is -2.41. The number of hydrogen-bond acceptors (Lipinski definition) is 4. The summed E-state index contributed by atoms with van der Waals surface area (Å²) in [6.45, 7) is 9.68. The lowest BCUT2D eigenvalue weighted by Crippen LogP contribution is -2.52. The number of nitrogens with zero attached hydrogens (tertiary/aromatic N) is 1. The van der Waals surface area contributed by atoms with E-state index in [-0.39, 0.29) is 11.7 Å². The van der Waals surface area contributed by atoms with E-state index in [1.807, 2.05) is 24.3 Å². The van der Waals surface area contributed by atoms with E-state index in [0.717, 1.165) is 30.9 Å². The molecule has 1 aromatic carbocycles. The number of ether oxygens (including phenoxy) is 2. The summed E-state index contributed by atoms with van der Waals surface area (Å²) in [5.74, 6) is 0.755. The molecule has 4 nitrogen and oxygen atoms in total. The van der Waals surface area contributed by atoms with E-state index in [4.69, 9.17) is 27.4 Å². The van der Waals surface area contributed by atoms with Crippen LogP contribution in [0.1, 0.15) is 26.3 Å². The molecule has 0 saturated carbocycles. The van der Waals surface area contributed by atoms with Crippen molar-refractivity contribution in [3.63, 3.8) is 0 Å². The predicted octanol–water partition coefficient (Wildman–Crippen LogP) is 2.20. The molecule has 1 aliphatic heterocycles. The minimum atomic E-state index is -0.103. The van der Waals surface area contributed by atoms with Gasteiger partial charge in [-0.25, -0.2) is 0 Å². The van der Waals surface area contributed by atoms with Crippen molar-refractivity contribution in [3.8, 4) is 5.75 Å². The van der Waals surface area contributed by atoms with Crippen molar-refractivity contribution in [2.45, 2.75) is 32.5 Å². The summed E-state index contributed by atoms with van der Waals surface area (Å²) < 4.78 is 11.8. The Morgan fingerprint density at radius 2 is 2.19 bits per heavy atom. The van der Waals surface area contributed by atoms with E-state index in [2.05, 4.69) is 25.7 Å². The van der Waals surface area contributed by atoms with Crippen LogP contribution in [0, 0.1) is 0 Å².